The molecule has 0 fully saturated rings. The second-order valence-corrected chi connectivity index (χ2v) is 10.9. The van der Waals surface area contributed by atoms with Gasteiger partial charge in [-0.15, -0.1) is 0 Å². The van der Waals surface area contributed by atoms with Gasteiger partial charge in [-0.3, -0.25) is 0 Å². The highest BCUT2D eigenvalue weighted by atomic mass is 127. The van der Waals surface area contributed by atoms with E-state index in [0.29, 0.717) is 34.2 Å². The van der Waals surface area contributed by atoms with Gasteiger partial charge in [0.2, 0.25) is 0 Å². The molecule has 1 heterocycles. The lowest BCUT2D eigenvalue weighted by Gasteiger charge is -2.19. The number of phenols is 1. The van der Waals surface area contributed by atoms with Crippen LogP contribution < -0.4 is 4.74 Å². The van der Waals surface area contributed by atoms with E-state index in [2.05, 4.69) is 29.5 Å². The van der Waals surface area contributed by atoms with Crippen LogP contribution in [-0.4, -0.2) is 54.6 Å². The molecule has 1 aliphatic rings. The van der Waals surface area contributed by atoms with E-state index in [1.54, 1.807) is 6.07 Å². The van der Waals surface area contributed by atoms with Crippen LogP contribution in [0.15, 0.2) is 28.9 Å². The Labute approximate surface area is 192 Å². The van der Waals surface area contributed by atoms with Crippen molar-refractivity contribution in [1.29, 1.82) is 0 Å². The monoisotopic (exact) mass is 550 g/mol. The summed E-state index contributed by atoms with van der Waals surface area (Å²) >= 11 is 2.05. The average Bonchev–Trinajstić information content (AvgIpc) is 2.98. The van der Waals surface area contributed by atoms with E-state index in [4.69, 9.17) is 4.74 Å². The number of sulfone groups is 1. The van der Waals surface area contributed by atoms with Gasteiger partial charge in [-0.2, -0.15) is 0 Å². The van der Waals surface area contributed by atoms with Gasteiger partial charge < -0.3 is 20.1 Å². The van der Waals surface area contributed by atoms with Crippen molar-refractivity contribution in [3.8, 4) is 11.5 Å². The van der Waals surface area contributed by atoms with Crippen molar-refractivity contribution < 1.29 is 28.5 Å². The van der Waals surface area contributed by atoms with Crippen LogP contribution >= 0.6 is 22.6 Å². The van der Waals surface area contributed by atoms with Crippen LogP contribution in [0.4, 0.5) is 0 Å². The highest BCUT2D eigenvalue weighted by molar-refractivity contribution is 14.1. The predicted octanol–water partition coefficient (Wildman–Crippen LogP) is 3.83. The number of allylic oxidation sites excluding steroid dienone is 1. The summed E-state index contributed by atoms with van der Waals surface area (Å²) in [6, 6.07) is 3.64. The van der Waals surface area contributed by atoms with E-state index in [-0.39, 0.29) is 11.5 Å². The summed E-state index contributed by atoms with van der Waals surface area (Å²) < 4.78 is 30.6. The number of ether oxygens (including phenoxy) is 1. The maximum absolute atomic E-state index is 12.3. The minimum Gasteiger partial charge on any atom is -0.504 e. The van der Waals surface area contributed by atoms with Crippen LogP contribution in [0.5, 0.6) is 11.5 Å². The zero-order valence-corrected chi connectivity index (χ0v) is 20.7. The third kappa shape index (κ3) is 5.77. The summed E-state index contributed by atoms with van der Waals surface area (Å²) in [6.45, 7) is 3.45. The minimum atomic E-state index is -3.44. The molecule has 1 aromatic carbocycles. The lowest BCUT2D eigenvalue weighted by molar-refractivity contribution is 0.188. The Morgan fingerprint density at radius 3 is 2.60 bits per heavy atom. The molecule has 0 radical (unpaired) electrons. The molecule has 0 bridgehead atoms. The van der Waals surface area contributed by atoms with Gasteiger partial charge in [-0.05, 0) is 71.5 Å². The number of hydrogen-bond acceptors (Lipinski definition) is 6. The van der Waals surface area contributed by atoms with E-state index in [1.165, 1.54) is 7.11 Å². The third-order valence-electron chi connectivity index (χ3n) is 5.47. The van der Waals surface area contributed by atoms with E-state index in [0.717, 1.165) is 29.6 Å². The van der Waals surface area contributed by atoms with E-state index in [9.17, 15) is 23.7 Å². The van der Waals surface area contributed by atoms with Gasteiger partial charge in [0, 0.05) is 0 Å². The first-order chi connectivity index (χ1) is 14.2. The first-order valence-corrected chi connectivity index (χ1v) is 13.0. The maximum Gasteiger partial charge on any atom is 0.171 e. The molecule has 0 amide bonds. The molecule has 168 valence electrons. The molecule has 1 aliphatic heterocycles. The number of benzene rings is 1. The molecular formula is C22H31IO6S. The van der Waals surface area contributed by atoms with Crippen LogP contribution in [0.3, 0.4) is 0 Å². The molecule has 0 spiro atoms. The molecule has 8 heteroatoms. The zero-order chi connectivity index (χ0) is 22.5. The topological polar surface area (TPSA) is 104 Å². The number of hydrogen-bond donors (Lipinski definition) is 3. The van der Waals surface area contributed by atoms with E-state index >= 15 is 0 Å². The SMILES string of the molecule is CCC/C(=C\c1cc(I)c(O)c(OC)c1)CC[C@@H](O)C1=C(CC)CS(=O)(=O)[C@H]1CO. The maximum atomic E-state index is 12.3. The highest BCUT2D eigenvalue weighted by Gasteiger charge is 2.40. The molecule has 30 heavy (non-hydrogen) atoms. The zero-order valence-electron chi connectivity index (χ0n) is 17.7. The Kier molecular flexibility index (Phi) is 9.20. The molecule has 2 rings (SSSR count). The first-order valence-electron chi connectivity index (χ1n) is 10.2. The number of methoxy groups -OCH3 is 1. The summed E-state index contributed by atoms with van der Waals surface area (Å²) in [5, 5.41) is 29.5. The highest BCUT2D eigenvalue weighted by Crippen LogP contribution is 2.35. The number of aliphatic hydroxyl groups is 2. The van der Waals surface area contributed by atoms with Crippen LogP contribution in [0.25, 0.3) is 6.08 Å². The Hall–Kier alpha value is -1.10. The molecule has 6 nitrogen and oxygen atoms in total. The van der Waals surface area contributed by atoms with E-state index < -0.39 is 27.8 Å². The number of rotatable bonds is 10. The standard InChI is InChI=1S/C22H31IO6S/c1-4-6-14(9-15-10-17(23)22(26)19(11-15)29-3)7-8-18(25)21-16(5-2)13-30(27,28)20(21)12-24/h9-11,18,20,24-26H,4-8,12-13H2,1-3H3/b14-9+/t18-,20+/m1/s1. The smallest absolute Gasteiger partial charge is 0.171 e. The van der Waals surface area contributed by atoms with Crippen LogP contribution in [0.1, 0.15) is 51.5 Å². The average molecular weight is 550 g/mol. The number of halogens is 1. The number of aliphatic hydroxyl groups excluding tert-OH is 2. The van der Waals surface area contributed by atoms with Gasteiger partial charge in [0.1, 0.15) is 5.25 Å². The van der Waals surface area contributed by atoms with Gasteiger partial charge in [-0.1, -0.05) is 37.5 Å². The number of aromatic hydroxyl groups is 1. The molecule has 0 unspecified atom stereocenters. The van der Waals surface area contributed by atoms with Crippen molar-refractivity contribution in [1.82, 2.24) is 0 Å². The van der Waals surface area contributed by atoms with Crippen LogP contribution in [-0.2, 0) is 9.84 Å². The molecule has 3 N–H and O–H groups in total. The molecule has 0 aliphatic carbocycles. The molecule has 1 aromatic rings. The Bertz CT molecular complexity index is 920. The summed E-state index contributed by atoms with van der Waals surface area (Å²) in [7, 11) is -1.94. The number of phenolic OH excluding ortho intramolecular Hbond substituents is 1. The quantitative estimate of drug-likeness (QED) is 0.302. The van der Waals surface area contributed by atoms with Crippen molar-refractivity contribution >= 4 is 38.5 Å². The van der Waals surface area contributed by atoms with Crippen molar-refractivity contribution in [2.45, 2.75) is 57.3 Å². The largest absolute Gasteiger partial charge is 0.504 e. The van der Waals surface area contributed by atoms with Crippen molar-refractivity contribution in [2.24, 2.45) is 0 Å². The second-order valence-electron chi connectivity index (χ2n) is 7.55. The van der Waals surface area contributed by atoms with Crippen LogP contribution in [0, 0.1) is 3.57 Å². The lowest BCUT2D eigenvalue weighted by Crippen LogP contribution is -2.29. The Balaban J connectivity index is 2.24. The molecule has 2 atom stereocenters. The third-order valence-corrected chi connectivity index (χ3v) is 8.31. The van der Waals surface area contributed by atoms with Crippen molar-refractivity contribution in [3.63, 3.8) is 0 Å². The van der Waals surface area contributed by atoms with Gasteiger partial charge >= 0.3 is 0 Å². The van der Waals surface area contributed by atoms with Crippen LogP contribution in [0.2, 0.25) is 0 Å². The fourth-order valence-electron chi connectivity index (χ4n) is 3.95. The first kappa shape index (κ1) is 25.2. The molecular weight excluding hydrogens is 519 g/mol. The fourth-order valence-corrected chi connectivity index (χ4v) is 6.57. The van der Waals surface area contributed by atoms with Gasteiger partial charge in [-0.25, -0.2) is 8.42 Å². The second kappa shape index (κ2) is 11.0. The minimum absolute atomic E-state index is 0.0789. The summed E-state index contributed by atoms with van der Waals surface area (Å²) in [5.74, 6) is 0.438. The molecule has 0 aromatic heterocycles. The normalized spacial score (nSPS) is 19.9. The summed E-state index contributed by atoms with van der Waals surface area (Å²) in [6.07, 6.45) is 4.45. The Morgan fingerprint density at radius 1 is 1.33 bits per heavy atom. The van der Waals surface area contributed by atoms with E-state index in [1.807, 2.05) is 19.1 Å². The van der Waals surface area contributed by atoms with Gasteiger partial charge in [0.05, 0.1) is 29.1 Å². The summed E-state index contributed by atoms with van der Waals surface area (Å²) in [4.78, 5) is 0. The summed E-state index contributed by atoms with van der Waals surface area (Å²) in [5.41, 5.74) is 3.23. The van der Waals surface area contributed by atoms with Gasteiger partial charge in [0.25, 0.3) is 0 Å². The van der Waals surface area contributed by atoms with Crippen molar-refractivity contribution in [3.05, 3.63) is 38.0 Å². The van der Waals surface area contributed by atoms with Gasteiger partial charge in [0.15, 0.2) is 21.3 Å². The predicted molar refractivity (Wildman–Crippen MR) is 127 cm³/mol. The lowest BCUT2D eigenvalue weighted by atomic mass is 9.93. The molecule has 0 saturated heterocycles. The molecule has 0 saturated carbocycles. The van der Waals surface area contributed by atoms with Crippen molar-refractivity contribution in [2.75, 3.05) is 19.5 Å². The Morgan fingerprint density at radius 2 is 2.03 bits per heavy atom. The fraction of sp³-hybridized carbons (Fsp3) is 0.545.